The van der Waals surface area contributed by atoms with E-state index in [9.17, 15) is 10.2 Å². The quantitative estimate of drug-likeness (QED) is 0.509. The zero-order valence-electron chi connectivity index (χ0n) is 14.1. The number of benzene rings is 3. The third-order valence-corrected chi connectivity index (χ3v) is 5.95. The molecule has 0 radical (unpaired) electrons. The summed E-state index contributed by atoms with van der Waals surface area (Å²) in [7, 11) is 0. The summed E-state index contributed by atoms with van der Waals surface area (Å²) in [6.45, 7) is 2.23. The van der Waals surface area contributed by atoms with E-state index >= 15 is 0 Å². The molecule has 128 valence electrons. The van der Waals surface area contributed by atoms with Crippen LogP contribution < -0.4 is 5.32 Å². The van der Waals surface area contributed by atoms with E-state index in [0.717, 1.165) is 5.56 Å². The lowest BCUT2D eigenvalue weighted by Gasteiger charge is -2.26. The van der Waals surface area contributed by atoms with Crippen molar-refractivity contribution in [3.63, 3.8) is 0 Å². The number of thiophene rings is 1. The Morgan fingerprint density at radius 1 is 0.880 bits per heavy atom. The SMILES string of the molecule is CC(CO)(CO)NCc1ccc2cc3c(cc2c1)sc1ccccc13. The van der Waals surface area contributed by atoms with Crippen LogP contribution in [0.2, 0.25) is 0 Å². The van der Waals surface area contributed by atoms with Crippen molar-refractivity contribution in [1.29, 1.82) is 0 Å². The average molecular weight is 351 g/mol. The Bertz CT molecular complexity index is 1050. The highest BCUT2D eigenvalue weighted by Gasteiger charge is 2.21. The summed E-state index contributed by atoms with van der Waals surface area (Å²) in [5.41, 5.74) is 0.478. The molecule has 0 unspecified atom stereocenters. The van der Waals surface area contributed by atoms with Crippen LogP contribution in [0.25, 0.3) is 30.9 Å². The number of fused-ring (bicyclic) bond motifs is 4. The van der Waals surface area contributed by atoms with Gasteiger partial charge in [-0.25, -0.2) is 0 Å². The van der Waals surface area contributed by atoms with Crippen LogP contribution in [0.1, 0.15) is 12.5 Å². The van der Waals surface area contributed by atoms with E-state index in [0.29, 0.717) is 6.54 Å². The summed E-state index contributed by atoms with van der Waals surface area (Å²) in [6, 6.07) is 19.5. The van der Waals surface area contributed by atoms with Crippen molar-refractivity contribution in [2.24, 2.45) is 0 Å². The minimum atomic E-state index is -0.662. The lowest BCUT2D eigenvalue weighted by atomic mass is 10.0. The lowest BCUT2D eigenvalue weighted by Crippen LogP contribution is -2.48. The number of aliphatic hydroxyl groups excluding tert-OH is 2. The maximum atomic E-state index is 9.40. The van der Waals surface area contributed by atoms with Gasteiger partial charge in [0, 0.05) is 26.7 Å². The molecule has 3 N–H and O–H groups in total. The van der Waals surface area contributed by atoms with Crippen LogP contribution in [-0.2, 0) is 6.54 Å². The highest BCUT2D eigenvalue weighted by atomic mass is 32.1. The largest absolute Gasteiger partial charge is 0.394 e. The maximum Gasteiger partial charge on any atom is 0.0633 e. The highest BCUT2D eigenvalue weighted by molar-refractivity contribution is 7.25. The molecule has 3 nitrogen and oxygen atoms in total. The molecular formula is C21H21NO2S. The molecule has 4 rings (SSSR count). The summed E-state index contributed by atoms with van der Waals surface area (Å²) in [5.74, 6) is 0. The van der Waals surface area contributed by atoms with Gasteiger partial charge in [0.05, 0.1) is 18.8 Å². The molecule has 0 amide bonds. The van der Waals surface area contributed by atoms with Gasteiger partial charge in [-0.3, -0.25) is 0 Å². The second-order valence-corrected chi connectivity index (χ2v) is 7.94. The minimum Gasteiger partial charge on any atom is -0.394 e. The number of aliphatic hydroxyl groups is 2. The van der Waals surface area contributed by atoms with E-state index < -0.39 is 5.54 Å². The van der Waals surface area contributed by atoms with Crippen molar-refractivity contribution >= 4 is 42.3 Å². The topological polar surface area (TPSA) is 52.5 Å². The van der Waals surface area contributed by atoms with Crippen LogP contribution in [0.3, 0.4) is 0 Å². The van der Waals surface area contributed by atoms with Gasteiger partial charge in [0.2, 0.25) is 0 Å². The van der Waals surface area contributed by atoms with Gasteiger partial charge >= 0.3 is 0 Å². The highest BCUT2D eigenvalue weighted by Crippen LogP contribution is 2.36. The van der Waals surface area contributed by atoms with Gasteiger partial charge in [0.1, 0.15) is 0 Å². The summed E-state index contributed by atoms with van der Waals surface area (Å²) in [4.78, 5) is 0. The fraction of sp³-hybridized carbons (Fsp3) is 0.238. The fourth-order valence-corrected chi connectivity index (χ4v) is 4.24. The molecule has 0 atom stereocenters. The fourth-order valence-electron chi connectivity index (χ4n) is 3.11. The molecule has 4 aromatic rings. The van der Waals surface area contributed by atoms with E-state index in [4.69, 9.17) is 0 Å². The zero-order chi connectivity index (χ0) is 17.4. The first-order valence-electron chi connectivity index (χ1n) is 8.43. The normalized spacial score (nSPS) is 12.4. The van der Waals surface area contributed by atoms with Crippen LogP contribution in [0.15, 0.2) is 54.6 Å². The first-order chi connectivity index (χ1) is 12.1. The van der Waals surface area contributed by atoms with E-state index in [2.05, 4.69) is 59.9 Å². The van der Waals surface area contributed by atoms with Gasteiger partial charge in [-0.05, 0) is 47.5 Å². The molecule has 0 aliphatic heterocycles. The second-order valence-electron chi connectivity index (χ2n) is 6.86. The first kappa shape index (κ1) is 16.5. The van der Waals surface area contributed by atoms with E-state index in [1.165, 1.54) is 30.9 Å². The molecule has 1 heterocycles. The monoisotopic (exact) mass is 351 g/mol. The third kappa shape index (κ3) is 3.02. The predicted octanol–water partition coefficient (Wildman–Crippen LogP) is 4.04. The number of hydrogen-bond donors (Lipinski definition) is 3. The molecule has 0 fully saturated rings. The third-order valence-electron chi connectivity index (χ3n) is 4.82. The van der Waals surface area contributed by atoms with Crippen molar-refractivity contribution < 1.29 is 10.2 Å². The molecule has 25 heavy (non-hydrogen) atoms. The number of hydrogen-bond acceptors (Lipinski definition) is 4. The summed E-state index contributed by atoms with van der Waals surface area (Å²) >= 11 is 1.83. The molecule has 0 aliphatic rings. The molecule has 0 saturated heterocycles. The van der Waals surface area contributed by atoms with Crippen molar-refractivity contribution in [3.8, 4) is 0 Å². The van der Waals surface area contributed by atoms with Crippen molar-refractivity contribution in [3.05, 3.63) is 60.2 Å². The van der Waals surface area contributed by atoms with Crippen LogP contribution >= 0.6 is 11.3 Å². The molecule has 0 spiro atoms. The molecule has 0 bridgehead atoms. The van der Waals surface area contributed by atoms with Gasteiger partial charge < -0.3 is 15.5 Å². The molecule has 0 aliphatic carbocycles. The second kappa shape index (κ2) is 6.39. The first-order valence-corrected chi connectivity index (χ1v) is 9.24. The van der Waals surface area contributed by atoms with E-state index in [1.54, 1.807) is 0 Å². The number of nitrogens with one attached hydrogen (secondary N) is 1. The summed E-state index contributed by atoms with van der Waals surface area (Å²) in [5, 5.41) is 27.1. The summed E-state index contributed by atoms with van der Waals surface area (Å²) < 4.78 is 2.62. The lowest BCUT2D eigenvalue weighted by molar-refractivity contribution is 0.103. The maximum absolute atomic E-state index is 9.40. The molecule has 0 saturated carbocycles. The Morgan fingerprint density at radius 2 is 1.68 bits per heavy atom. The average Bonchev–Trinajstić information content (AvgIpc) is 3.01. The van der Waals surface area contributed by atoms with Crippen LogP contribution in [0, 0.1) is 0 Å². The van der Waals surface area contributed by atoms with E-state index in [-0.39, 0.29) is 13.2 Å². The Labute approximate surface area is 150 Å². The Balaban J connectivity index is 1.73. The Kier molecular flexibility index (Phi) is 4.21. The Hall–Kier alpha value is -1.98. The smallest absolute Gasteiger partial charge is 0.0633 e. The van der Waals surface area contributed by atoms with E-state index in [1.807, 2.05) is 18.3 Å². The minimum absolute atomic E-state index is 0.0977. The van der Waals surface area contributed by atoms with Gasteiger partial charge in [-0.2, -0.15) is 0 Å². The molecule has 3 aromatic carbocycles. The van der Waals surface area contributed by atoms with Crippen LogP contribution in [0.4, 0.5) is 0 Å². The van der Waals surface area contributed by atoms with Gasteiger partial charge in [0.15, 0.2) is 0 Å². The molecule has 1 aromatic heterocycles. The molecular weight excluding hydrogens is 330 g/mol. The van der Waals surface area contributed by atoms with Gasteiger partial charge in [0.25, 0.3) is 0 Å². The zero-order valence-corrected chi connectivity index (χ0v) is 14.9. The molecule has 4 heteroatoms. The standard InChI is InChI=1S/C21H21NO2S/c1-21(12-23,13-24)22-11-14-6-7-15-9-18-17-4-2-3-5-19(17)25-20(18)10-16(15)8-14/h2-10,22-24H,11-13H2,1H3. The van der Waals surface area contributed by atoms with Crippen molar-refractivity contribution in [2.45, 2.75) is 19.0 Å². The summed E-state index contributed by atoms with van der Waals surface area (Å²) in [6.07, 6.45) is 0. The van der Waals surface area contributed by atoms with Crippen LogP contribution in [-0.4, -0.2) is 29.0 Å². The Morgan fingerprint density at radius 3 is 2.48 bits per heavy atom. The number of rotatable bonds is 5. The van der Waals surface area contributed by atoms with Gasteiger partial charge in [-0.15, -0.1) is 11.3 Å². The predicted molar refractivity (Wildman–Crippen MR) is 106 cm³/mol. The van der Waals surface area contributed by atoms with Crippen molar-refractivity contribution in [2.75, 3.05) is 13.2 Å². The van der Waals surface area contributed by atoms with Gasteiger partial charge in [-0.1, -0.05) is 30.3 Å². The van der Waals surface area contributed by atoms with Crippen molar-refractivity contribution in [1.82, 2.24) is 5.32 Å². The van der Waals surface area contributed by atoms with Crippen LogP contribution in [0.5, 0.6) is 0 Å².